The smallest absolute Gasteiger partial charge is 0.244 e. The van der Waals surface area contributed by atoms with Crippen LogP contribution in [-0.4, -0.2) is 37.5 Å². The van der Waals surface area contributed by atoms with Gasteiger partial charge in [0.15, 0.2) is 0 Å². The van der Waals surface area contributed by atoms with Crippen LogP contribution < -0.4 is 0 Å². The van der Waals surface area contributed by atoms with Gasteiger partial charge in [-0.05, 0) is 37.0 Å². The molecule has 114 valence electrons. The van der Waals surface area contributed by atoms with E-state index >= 15 is 0 Å². The maximum absolute atomic E-state index is 12.6. The fraction of sp³-hybridized carbons (Fsp3) is 0.467. The lowest BCUT2D eigenvalue weighted by atomic mass is 10.0. The van der Waals surface area contributed by atoms with E-state index in [0.29, 0.717) is 24.6 Å². The van der Waals surface area contributed by atoms with Crippen LogP contribution in [0, 0.1) is 17.8 Å². The molecule has 1 N–H and O–H groups in total. The largest absolute Gasteiger partial charge is 0.384 e. The molecule has 0 aromatic heterocycles. The zero-order chi connectivity index (χ0) is 15.5. The number of rotatable bonds is 2. The zero-order valence-electron chi connectivity index (χ0n) is 11.8. The number of aliphatic hydroxyl groups excluding tert-OH is 1. The van der Waals surface area contributed by atoms with Crippen LogP contribution in [0.5, 0.6) is 0 Å². The van der Waals surface area contributed by atoms with Crippen molar-refractivity contribution in [2.24, 2.45) is 5.92 Å². The summed E-state index contributed by atoms with van der Waals surface area (Å²) in [6, 6.07) is 4.61. The SMILES string of the molecule is CC1CCCN(S(=O)(=O)c2ccc(C#CCO)cc2Cl)C1. The maximum atomic E-state index is 12.6. The van der Waals surface area contributed by atoms with Crippen LogP contribution >= 0.6 is 11.6 Å². The third-order valence-corrected chi connectivity index (χ3v) is 5.83. The van der Waals surface area contributed by atoms with Crippen LogP contribution in [-0.2, 0) is 10.0 Å². The summed E-state index contributed by atoms with van der Waals surface area (Å²) in [5.41, 5.74) is 0.583. The average molecular weight is 328 g/mol. The topological polar surface area (TPSA) is 57.6 Å². The van der Waals surface area contributed by atoms with E-state index < -0.39 is 10.0 Å². The van der Waals surface area contributed by atoms with E-state index in [-0.39, 0.29) is 16.5 Å². The van der Waals surface area contributed by atoms with E-state index in [1.54, 1.807) is 6.07 Å². The Balaban J connectivity index is 2.32. The van der Waals surface area contributed by atoms with Crippen LogP contribution in [0.4, 0.5) is 0 Å². The molecule has 6 heteroatoms. The number of benzene rings is 1. The predicted molar refractivity (Wildman–Crippen MR) is 82.6 cm³/mol. The van der Waals surface area contributed by atoms with Crippen molar-refractivity contribution >= 4 is 21.6 Å². The third-order valence-electron chi connectivity index (χ3n) is 3.48. The Morgan fingerprint density at radius 1 is 1.48 bits per heavy atom. The highest BCUT2D eigenvalue weighted by Gasteiger charge is 2.30. The standard InChI is InChI=1S/C15H18ClNO3S/c1-12-4-2-8-17(11-12)21(19,20)15-7-6-13(5-3-9-18)10-14(15)16/h6-7,10,12,18H,2,4,8-9,11H2,1H3. The molecule has 1 aromatic carbocycles. The van der Waals surface area contributed by atoms with Crippen molar-refractivity contribution in [3.05, 3.63) is 28.8 Å². The number of piperidine rings is 1. The summed E-state index contributed by atoms with van der Waals surface area (Å²) >= 11 is 6.11. The fourth-order valence-electron chi connectivity index (χ4n) is 2.43. The third kappa shape index (κ3) is 3.78. The quantitative estimate of drug-likeness (QED) is 0.846. The second kappa shape index (κ2) is 6.80. The minimum Gasteiger partial charge on any atom is -0.384 e. The van der Waals surface area contributed by atoms with E-state index in [1.165, 1.54) is 16.4 Å². The Kier molecular flexibility index (Phi) is 5.28. The Hall–Kier alpha value is -1.06. The van der Waals surface area contributed by atoms with Crippen molar-refractivity contribution in [1.29, 1.82) is 0 Å². The van der Waals surface area contributed by atoms with Crippen molar-refractivity contribution < 1.29 is 13.5 Å². The van der Waals surface area contributed by atoms with Crippen molar-refractivity contribution in [1.82, 2.24) is 4.31 Å². The minimum atomic E-state index is -3.56. The number of nitrogens with zero attached hydrogens (tertiary/aromatic N) is 1. The summed E-state index contributed by atoms with van der Waals surface area (Å²) in [6.45, 7) is 2.88. The highest BCUT2D eigenvalue weighted by molar-refractivity contribution is 7.89. The molecule has 1 fully saturated rings. The molecule has 1 atom stereocenters. The van der Waals surface area contributed by atoms with Crippen LogP contribution in [0.3, 0.4) is 0 Å². The first-order chi connectivity index (χ1) is 9.95. The summed E-state index contributed by atoms with van der Waals surface area (Å²) in [4.78, 5) is 0.118. The summed E-state index contributed by atoms with van der Waals surface area (Å²) < 4.78 is 26.8. The number of aliphatic hydroxyl groups is 1. The van der Waals surface area contributed by atoms with Crippen molar-refractivity contribution in [3.63, 3.8) is 0 Å². The van der Waals surface area contributed by atoms with Gasteiger partial charge >= 0.3 is 0 Å². The normalized spacial score (nSPS) is 19.9. The molecule has 0 bridgehead atoms. The monoisotopic (exact) mass is 327 g/mol. The molecule has 0 radical (unpaired) electrons. The van der Waals surface area contributed by atoms with Gasteiger partial charge < -0.3 is 5.11 Å². The highest BCUT2D eigenvalue weighted by atomic mass is 35.5. The van der Waals surface area contributed by atoms with Gasteiger partial charge in [-0.1, -0.05) is 30.4 Å². The van der Waals surface area contributed by atoms with Crippen LogP contribution in [0.15, 0.2) is 23.1 Å². The average Bonchev–Trinajstić information content (AvgIpc) is 2.45. The van der Waals surface area contributed by atoms with E-state index in [4.69, 9.17) is 16.7 Å². The molecule has 1 aromatic rings. The Bertz CT molecular complexity index is 676. The molecule has 1 heterocycles. The first kappa shape index (κ1) is 16.3. The molecule has 0 aliphatic carbocycles. The Morgan fingerprint density at radius 3 is 2.86 bits per heavy atom. The zero-order valence-corrected chi connectivity index (χ0v) is 13.4. The molecule has 4 nitrogen and oxygen atoms in total. The van der Waals surface area contributed by atoms with Gasteiger partial charge in [0, 0.05) is 18.7 Å². The Morgan fingerprint density at radius 2 is 2.24 bits per heavy atom. The molecule has 0 amide bonds. The lowest BCUT2D eigenvalue weighted by molar-refractivity contribution is 0.281. The van der Waals surface area contributed by atoms with E-state index in [0.717, 1.165) is 12.8 Å². The number of sulfonamides is 1. The fourth-order valence-corrected chi connectivity index (χ4v) is 4.55. The second-order valence-corrected chi connectivity index (χ2v) is 7.53. The predicted octanol–water partition coefficient (Wildman–Crippen LogP) is 2.10. The lowest BCUT2D eigenvalue weighted by Gasteiger charge is -2.30. The summed E-state index contributed by atoms with van der Waals surface area (Å²) in [5, 5.41) is 8.83. The molecular weight excluding hydrogens is 310 g/mol. The molecule has 2 rings (SSSR count). The summed E-state index contributed by atoms with van der Waals surface area (Å²) in [5.74, 6) is 5.58. The van der Waals surface area contributed by atoms with E-state index in [9.17, 15) is 8.42 Å². The van der Waals surface area contributed by atoms with Gasteiger partial charge in [0.1, 0.15) is 11.5 Å². The van der Waals surface area contributed by atoms with Crippen molar-refractivity contribution in [3.8, 4) is 11.8 Å². The van der Waals surface area contributed by atoms with E-state index in [2.05, 4.69) is 18.8 Å². The first-order valence-electron chi connectivity index (χ1n) is 6.84. The minimum absolute atomic E-state index is 0.118. The summed E-state index contributed by atoms with van der Waals surface area (Å²) in [6.07, 6.45) is 1.92. The molecule has 1 aliphatic rings. The molecule has 0 saturated carbocycles. The van der Waals surface area contributed by atoms with Gasteiger partial charge in [-0.25, -0.2) is 8.42 Å². The highest BCUT2D eigenvalue weighted by Crippen LogP contribution is 2.28. The molecule has 21 heavy (non-hydrogen) atoms. The molecule has 1 aliphatic heterocycles. The van der Waals surface area contributed by atoms with Gasteiger partial charge in [0.2, 0.25) is 10.0 Å². The van der Waals surface area contributed by atoms with Crippen molar-refractivity contribution in [2.45, 2.75) is 24.7 Å². The lowest BCUT2D eigenvalue weighted by Crippen LogP contribution is -2.39. The molecule has 1 saturated heterocycles. The maximum Gasteiger partial charge on any atom is 0.244 e. The second-order valence-electron chi connectivity index (χ2n) is 5.22. The molecule has 1 unspecified atom stereocenters. The summed E-state index contributed by atoms with van der Waals surface area (Å²) in [7, 11) is -3.56. The van der Waals surface area contributed by atoms with Gasteiger partial charge in [-0.2, -0.15) is 4.31 Å². The van der Waals surface area contributed by atoms with Crippen molar-refractivity contribution in [2.75, 3.05) is 19.7 Å². The Labute approximate surface area is 130 Å². The van der Waals surface area contributed by atoms with Gasteiger partial charge in [-0.15, -0.1) is 0 Å². The van der Waals surface area contributed by atoms with Gasteiger partial charge in [0.25, 0.3) is 0 Å². The van der Waals surface area contributed by atoms with Gasteiger partial charge in [-0.3, -0.25) is 0 Å². The number of halogens is 1. The van der Waals surface area contributed by atoms with Gasteiger partial charge in [0.05, 0.1) is 5.02 Å². The van der Waals surface area contributed by atoms with Crippen LogP contribution in [0.25, 0.3) is 0 Å². The molecule has 0 spiro atoms. The number of hydrogen-bond donors (Lipinski definition) is 1. The van der Waals surface area contributed by atoms with Crippen LogP contribution in [0.1, 0.15) is 25.3 Å². The van der Waals surface area contributed by atoms with E-state index in [1.807, 2.05) is 0 Å². The van der Waals surface area contributed by atoms with Crippen LogP contribution in [0.2, 0.25) is 5.02 Å². The number of hydrogen-bond acceptors (Lipinski definition) is 3. The first-order valence-corrected chi connectivity index (χ1v) is 8.66. The molecular formula is C15H18ClNO3S.